The minimum Gasteiger partial charge on any atom is -0.494 e. The number of benzene rings is 1. The Kier molecular flexibility index (Phi) is 5.64. The first-order valence-electron chi connectivity index (χ1n) is 8.68. The number of para-hydroxylation sites is 1. The summed E-state index contributed by atoms with van der Waals surface area (Å²) in [4.78, 5) is 0. The number of aromatic nitrogens is 3. The van der Waals surface area contributed by atoms with Crippen LogP contribution in [0.1, 0.15) is 55.8 Å². The predicted molar refractivity (Wildman–Crippen MR) is 90.3 cm³/mol. The van der Waals surface area contributed by atoms with E-state index < -0.39 is 0 Å². The predicted octanol–water partition coefficient (Wildman–Crippen LogP) is 3.25. The second-order valence-electron chi connectivity index (χ2n) is 6.20. The molecule has 1 aliphatic carbocycles. The zero-order valence-electron chi connectivity index (χ0n) is 13.7. The molecule has 1 aromatic carbocycles. The fraction of sp³-hybridized carbons (Fsp3) is 0.556. The van der Waals surface area contributed by atoms with Crippen LogP contribution in [0.15, 0.2) is 30.3 Å². The van der Waals surface area contributed by atoms with Gasteiger partial charge in [0, 0.05) is 25.4 Å². The molecular formula is C18H26N4O. The van der Waals surface area contributed by atoms with E-state index in [2.05, 4.69) is 15.0 Å². The maximum atomic E-state index is 5.86. The van der Waals surface area contributed by atoms with E-state index in [1.54, 1.807) is 0 Å². The van der Waals surface area contributed by atoms with E-state index in [0.29, 0.717) is 19.1 Å². The molecule has 1 aromatic heterocycles. The second-order valence-corrected chi connectivity index (χ2v) is 6.20. The highest BCUT2D eigenvalue weighted by Crippen LogP contribution is 2.33. The molecule has 1 fully saturated rings. The van der Waals surface area contributed by atoms with Crippen molar-refractivity contribution in [1.82, 2.24) is 15.0 Å². The zero-order valence-corrected chi connectivity index (χ0v) is 13.7. The molecule has 124 valence electrons. The number of nitrogens with zero attached hydrogens (tertiary/aromatic N) is 3. The van der Waals surface area contributed by atoms with Gasteiger partial charge in [-0.3, -0.25) is 0 Å². The van der Waals surface area contributed by atoms with Crippen LogP contribution in [0.4, 0.5) is 0 Å². The fourth-order valence-corrected chi connectivity index (χ4v) is 3.41. The van der Waals surface area contributed by atoms with Crippen LogP contribution in [0.25, 0.3) is 0 Å². The third-order valence-electron chi connectivity index (χ3n) is 4.56. The number of ether oxygens (including phenoxy) is 1. The Morgan fingerprint density at radius 2 is 1.91 bits per heavy atom. The van der Waals surface area contributed by atoms with Crippen LogP contribution in [0.2, 0.25) is 0 Å². The molecule has 0 amide bonds. The zero-order chi connectivity index (χ0) is 15.9. The Morgan fingerprint density at radius 1 is 1.13 bits per heavy atom. The van der Waals surface area contributed by atoms with E-state index in [1.165, 1.54) is 37.8 Å². The van der Waals surface area contributed by atoms with Crippen molar-refractivity contribution in [3.05, 3.63) is 41.7 Å². The van der Waals surface area contributed by atoms with Crippen molar-refractivity contribution in [2.45, 2.75) is 57.5 Å². The summed E-state index contributed by atoms with van der Waals surface area (Å²) < 4.78 is 7.82. The SMILES string of the molecule is NCc1nnn(CCCOc2ccccc2)c1C1CCCCC1. The van der Waals surface area contributed by atoms with E-state index >= 15 is 0 Å². The maximum absolute atomic E-state index is 5.86. The third kappa shape index (κ3) is 4.10. The van der Waals surface area contributed by atoms with Gasteiger partial charge >= 0.3 is 0 Å². The normalized spacial score (nSPS) is 15.7. The van der Waals surface area contributed by atoms with Crippen LogP contribution in [-0.2, 0) is 13.1 Å². The number of rotatable bonds is 7. The molecule has 0 spiro atoms. The van der Waals surface area contributed by atoms with Gasteiger partial charge in [0.2, 0.25) is 0 Å². The van der Waals surface area contributed by atoms with Gasteiger partial charge in [-0.25, -0.2) is 4.68 Å². The highest BCUT2D eigenvalue weighted by Gasteiger charge is 2.23. The molecule has 0 unspecified atom stereocenters. The molecule has 1 aliphatic rings. The highest BCUT2D eigenvalue weighted by molar-refractivity contribution is 5.20. The van der Waals surface area contributed by atoms with Gasteiger partial charge in [0.15, 0.2) is 0 Å². The van der Waals surface area contributed by atoms with Crippen LogP contribution in [-0.4, -0.2) is 21.6 Å². The van der Waals surface area contributed by atoms with Gasteiger partial charge in [0.25, 0.3) is 0 Å². The molecule has 23 heavy (non-hydrogen) atoms. The van der Waals surface area contributed by atoms with Gasteiger partial charge in [-0.1, -0.05) is 42.7 Å². The molecule has 3 rings (SSSR count). The van der Waals surface area contributed by atoms with Crippen molar-refractivity contribution in [2.75, 3.05) is 6.61 Å². The molecule has 0 radical (unpaired) electrons. The van der Waals surface area contributed by atoms with Gasteiger partial charge < -0.3 is 10.5 Å². The summed E-state index contributed by atoms with van der Waals surface area (Å²) in [6.07, 6.45) is 7.35. The Balaban J connectivity index is 1.58. The van der Waals surface area contributed by atoms with Crippen LogP contribution in [0.3, 0.4) is 0 Å². The summed E-state index contributed by atoms with van der Waals surface area (Å²) in [6.45, 7) is 2.00. The average Bonchev–Trinajstić information content (AvgIpc) is 3.03. The number of hydrogen-bond acceptors (Lipinski definition) is 4. The molecule has 5 nitrogen and oxygen atoms in total. The highest BCUT2D eigenvalue weighted by atomic mass is 16.5. The minimum atomic E-state index is 0.479. The summed E-state index contributed by atoms with van der Waals surface area (Å²) in [6, 6.07) is 9.93. The van der Waals surface area contributed by atoms with Gasteiger partial charge in [-0.05, 0) is 25.0 Å². The smallest absolute Gasteiger partial charge is 0.119 e. The Labute approximate surface area is 137 Å². The van der Waals surface area contributed by atoms with E-state index in [1.807, 2.05) is 30.3 Å². The monoisotopic (exact) mass is 314 g/mol. The summed E-state index contributed by atoms with van der Waals surface area (Å²) >= 11 is 0. The van der Waals surface area contributed by atoms with Crippen LogP contribution < -0.4 is 10.5 Å². The van der Waals surface area contributed by atoms with Crippen molar-refractivity contribution >= 4 is 0 Å². The van der Waals surface area contributed by atoms with Gasteiger partial charge in [-0.2, -0.15) is 0 Å². The van der Waals surface area contributed by atoms with Gasteiger partial charge in [-0.15, -0.1) is 5.10 Å². The topological polar surface area (TPSA) is 66.0 Å². The van der Waals surface area contributed by atoms with E-state index in [0.717, 1.165) is 24.4 Å². The molecule has 5 heteroatoms. The largest absolute Gasteiger partial charge is 0.494 e. The van der Waals surface area contributed by atoms with Crippen molar-refractivity contribution < 1.29 is 4.74 Å². The fourth-order valence-electron chi connectivity index (χ4n) is 3.41. The van der Waals surface area contributed by atoms with Crippen molar-refractivity contribution in [1.29, 1.82) is 0 Å². The van der Waals surface area contributed by atoms with Crippen LogP contribution in [0.5, 0.6) is 5.75 Å². The van der Waals surface area contributed by atoms with Gasteiger partial charge in [0.1, 0.15) is 5.75 Å². The molecule has 1 saturated carbocycles. The molecule has 2 aromatic rings. The standard InChI is InChI=1S/C18H26N4O/c19-14-17-18(15-8-3-1-4-9-15)22(21-20-17)12-7-13-23-16-10-5-2-6-11-16/h2,5-6,10-11,15H,1,3-4,7-9,12-14,19H2. The molecule has 0 saturated heterocycles. The molecule has 0 aliphatic heterocycles. The molecule has 0 bridgehead atoms. The Hall–Kier alpha value is -1.88. The maximum Gasteiger partial charge on any atom is 0.119 e. The van der Waals surface area contributed by atoms with Crippen molar-refractivity contribution in [2.24, 2.45) is 5.73 Å². The first kappa shape index (κ1) is 16.0. The Bertz CT molecular complexity index is 590. The lowest BCUT2D eigenvalue weighted by molar-refractivity contribution is 0.294. The lowest BCUT2D eigenvalue weighted by Gasteiger charge is -2.23. The van der Waals surface area contributed by atoms with Crippen molar-refractivity contribution in [3.63, 3.8) is 0 Å². The van der Waals surface area contributed by atoms with Crippen molar-refractivity contribution in [3.8, 4) is 5.75 Å². The van der Waals surface area contributed by atoms with Gasteiger partial charge in [0.05, 0.1) is 18.0 Å². The second kappa shape index (κ2) is 8.11. The van der Waals surface area contributed by atoms with E-state index in [4.69, 9.17) is 10.5 Å². The first-order chi connectivity index (χ1) is 11.4. The number of nitrogens with two attached hydrogens (primary N) is 1. The Morgan fingerprint density at radius 3 is 2.65 bits per heavy atom. The van der Waals surface area contributed by atoms with E-state index in [-0.39, 0.29) is 0 Å². The summed E-state index contributed by atoms with van der Waals surface area (Å²) in [7, 11) is 0. The first-order valence-corrected chi connectivity index (χ1v) is 8.68. The summed E-state index contributed by atoms with van der Waals surface area (Å²) in [5.74, 6) is 1.49. The third-order valence-corrected chi connectivity index (χ3v) is 4.56. The molecule has 0 atom stereocenters. The van der Waals surface area contributed by atoms with Crippen LogP contribution in [0, 0.1) is 0 Å². The lowest BCUT2D eigenvalue weighted by Crippen LogP contribution is -2.16. The number of aryl methyl sites for hydroxylation is 1. The molecular weight excluding hydrogens is 288 g/mol. The minimum absolute atomic E-state index is 0.479. The quantitative estimate of drug-likeness (QED) is 0.797. The van der Waals surface area contributed by atoms with E-state index in [9.17, 15) is 0 Å². The summed E-state index contributed by atoms with van der Waals surface area (Å²) in [5.41, 5.74) is 8.10. The molecule has 1 heterocycles. The molecule has 2 N–H and O–H groups in total. The number of hydrogen-bond donors (Lipinski definition) is 1. The average molecular weight is 314 g/mol. The van der Waals surface area contributed by atoms with Crippen LogP contribution >= 0.6 is 0 Å². The summed E-state index contributed by atoms with van der Waals surface area (Å²) in [5, 5.41) is 8.63. The lowest BCUT2D eigenvalue weighted by atomic mass is 9.86.